The van der Waals surface area contributed by atoms with Gasteiger partial charge < -0.3 is 10.6 Å². The number of aromatic nitrogens is 4. The number of rotatable bonds is 10. The number of hydrogen-bond donors (Lipinski definition) is 2. The molecule has 0 spiro atoms. The fraction of sp³-hybridized carbons (Fsp3) is 0.333. The highest BCUT2D eigenvalue weighted by Crippen LogP contribution is 2.44. The molecule has 0 radical (unpaired) electrons. The van der Waals surface area contributed by atoms with Crippen LogP contribution in [-0.4, -0.2) is 32.2 Å². The summed E-state index contributed by atoms with van der Waals surface area (Å²) in [5.41, 5.74) is 0. The first kappa shape index (κ1) is 22.3. The molecule has 1 aliphatic rings. The summed E-state index contributed by atoms with van der Waals surface area (Å²) in [5, 5.41) is 29.3. The van der Waals surface area contributed by atoms with Crippen molar-refractivity contribution in [1.82, 2.24) is 20.4 Å². The molecule has 2 amide bonds. The molecule has 33 heavy (non-hydrogen) atoms. The van der Waals surface area contributed by atoms with Crippen LogP contribution in [0.2, 0.25) is 0 Å². The molecule has 1 aliphatic carbocycles. The average molecular weight is 517 g/mol. The Bertz CT molecular complexity index is 1120. The van der Waals surface area contributed by atoms with E-state index in [2.05, 4.69) is 31.0 Å². The number of anilines is 2. The van der Waals surface area contributed by atoms with E-state index in [0.717, 1.165) is 39.0 Å². The van der Waals surface area contributed by atoms with E-state index in [0.29, 0.717) is 34.9 Å². The van der Waals surface area contributed by atoms with Crippen molar-refractivity contribution >= 4 is 67.4 Å². The highest BCUT2D eigenvalue weighted by Gasteiger charge is 2.38. The van der Waals surface area contributed by atoms with Crippen LogP contribution in [-0.2, 0) is 35.3 Å². The van der Waals surface area contributed by atoms with Crippen LogP contribution in [0.3, 0.4) is 0 Å². The van der Waals surface area contributed by atoms with Crippen molar-refractivity contribution < 1.29 is 9.59 Å². The Kier molecular flexibility index (Phi) is 6.85. The van der Waals surface area contributed by atoms with E-state index in [1.807, 2.05) is 35.0 Å². The smallest absolute Gasteiger partial charge is 0.231 e. The Hall–Kier alpha value is -2.54. The molecule has 2 atom stereocenters. The van der Waals surface area contributed by atoms with Crippen molar-refractivity contribution in [3.63, 3.8) is 0 Å². The topological polar surface area (TPSA) is 110 Å². The first-order valence-corrected chi connectivity index (χ1v) is 13.8. The van der Waals surface area contributed by atoms with Crippen LogP contribution in [0.15, 0.2) is 35.0 Å². The summed E-state index contributed by atoms with van der Waals surface area (Å²) in [5.74, 6) is 0.930. The zero-order chi connectivity index (χ0) is 22.6. The Labute approximate surface area is 206 Å². The van der Waals surface area contributed by atoms with Gasteiger partial charge in [0.15, 0.2) is 0 Å². The number of hydrogen-bond acceptors (Lipinski definition) is 10. The van der Waals surface area contributed by atoms with Gasteiger partial charge in [0.05, 0.1) is 12.8 Å². The minimum atomic E-state index is -0.0704. The van der Waals surface area contributed by atoms with Gasteiger partial charge in [0.2, 0.25) is 22.1 Å². The summed E-state index contributed by atoms with van der Waals surface area (Å²) in [6.45, 7) is 0. The maximum Gasteiger partial charge on any atom is 0.231 e. The SMILES string of the molecule is O=C(Cc1cccs1)Nc1nnc(C[C@H]2C[C@@H]2Cc2nnc(NC(=O)Cc3cccs3)s2)s1. The highest BCUT2D eigenvalue weighted by molar-refractivity contribution is 7.15. The van der Waals surface area contributed by atoms with Crippen molar-refractivity contribution in [3.8, 4) is 0 Å². The molecule has 8 nitrogen and oxygen atoms in total. The maximum absolute atomic E-state index is 12.1. The van der Waals surface area contributed by atoms with Gasteiger partial charge >= 0.3 is 0 Å². The second-order valence-corrected chi connectivity index (χ2v) is 12.0. The van der Waals surface area contributed by atoms with Crippen LogP contribution in [0.5, 0.6) is 0 Å². The quantitative estimate of drug-likeness (QED) is 0.325. The average Bonchev–Trinajstić information content (AvgIpc) is 3.35. The third kappa shape index (κ3) is 6.28. The zero-order valence-corrected chi connectivity index (χ0v) is 20.7. The van der Waals surface area contributed by atoms with E-state index in [4.69, 9.17) is 0 Å². The molecule has 170 valence electrons. The third-order valence-electron chi connectivity index (χ3n) is 5.20. The van der Waals surface area contributed by atoms with Crippen LogP contribution >= 0.6 is 45.3 Å². The van der Waals surface area contributed by atoms with E-state index in [1.54, 1.807) is 22.7 Å². The van der Waals surface area contributed by atoms with Gasteiger partial charge in [-0.15, -0.1) is 43.1 Å². The van der Waals surface area contributed by atoms with Crippen molar-refractivity contribution in [3.05, 3.63) is 54.8 Å². The molecular weight excluding hydrogens is 497 g/mol. The van der Waals surface area contributed by atoms with Crippen molar-refractivity contribution in [2.75, 3.05) is 10.6 Å². The molecule has 2 N–H and O–H groups in total. The predicted molar refractivity (Wildman–Crippen MR) is 132 cm³/mol. The number of nitrogens with zero attached hydrogens (tertiary/aromatic N) is 4. The largest absolute Gasteiger partial charge is 0.300 e. The number of nitrogens with one attached hydrogen (secondary N) is 2. The van der Waals surface area contributed by atoms with Crippen LogP contribution in [0.25, 0.3) is 0 Å². The van der Waals surface area contributed by atoms with Crippen LogP contribution in [0, 0.1) is 11.8 Å². The Balaban J connectivity index is 1.05. The molecular formula is C21H20N6O2S4. The van der Waals surface area contributed by atoms with E-state index < -0.39 is 0 Å². The van der Waals surface area contributed by atoms with Gasteiger partial charge in [-0.3, -0.25) is 9.59 Å². The molecule has 0 aliphatic heterocycles. The Morgan fingerprint density at radius 2 is 1.27 bits per heavy atom. The molecule has 12 heteroatoms. The Morgan fingerprint density at radius 3 is 1.70 bits per heavy atom. The summed E-state index contributed by atoms with van der Waals surface area (Å²) < 4.78 is 0. The molecule has 4 aromatic rings. The van der Waals surface area contributed by atoms with Gasteiger partial charge in [0.25, 0.3) is 0 Å². The van der Waals surface area contributed by atoms with Crippen LogP contribution in [0.4, 0.5) is 10.3 Å². The van der Waals surface area contributed by atoms with Crippen molar-refractivity contribution in [2.45, 2.75) is 32.1 Å². The van der Waals surface area contributed by atoms with Gasteiger partial charge in [-0.05, 0) is 41.1 Å². The molecule has 0 unspecified atom stereocenters. The predicted octanol–water partition coefficient (Wildman–Crippen LogP) is 4.30. The lowest BCUT2D eigenvalue weighted by Gasteiger charge is -1.98. The zero-order valence-electron chi connectivity index (χ0n) is 17.4. The van der Waals surface area contributed by atoms with Gasteiger partial charge in [-0.2, -0.15) is 0 Å². The molecule has 4 aromatic heterocycles. The van der Waals surface area contributed by atoms with E-state index in [9.17, 15) is 9.59 Å². The van der Waals surface area contributed by atoms with E-state index in [1.165, 1.54) is 22.7 Å². The lowest BCUT2D eigenvalue weighted by Crippen LogP contribution is -2.13. The molecule has 0 bridgehead atoms. The summed E-state index contributed by atoms with van der Waals surface area (Å²) in [6, 6.07) is 7.77. The van der Waals surface area contributed by atoms with Crippen molar-refractivity contribution in [1.29, 1.82) is 0 Å². The molecule has 5 rings (SSSR count). The fourth-order valence-electron chi connectivity index (χ4n) is 3.50. The normalized spacial score (nSPS) is 17.1. The maximum atomic E-state index is 12.1. The number of carbonyl (C=O) groups excluding carboxylic acids is 2. The van der Waals surface area contributed by atoms with E-state index in [-0.39, 0.29) is 11.8 Å². The molecule has 0 saturated heterocycles. The summed E-state index contributed by atoms with van der Waals surface area (Å²) in [4.78, 5) is 26.3. The first-order valence-electron chi connectivity index (χ1n) is 10.4. The lowest BCUT2D eigenvalue weighted by atomic mass is 10.2. The lowest BCUT2D eigenvalue weighted by molar-refractivity contribution is -0.116. The minimum absolute atomic E-state index is 0.0704. The number of thiophene rings is 2. The van der Waals surface area contributed by atoms with Crippen LogP contribution < -0.4 is 10.6 Å². The van der Waals surface area contributed by atoms with E-state index >= 15 is 0 Å². The summed E-state index contributed by atoms with van der Waals surface area (Å²) in [6.07, 6.45) is 3.53. The first-order chi connectivity index (χ1) is 16.1. The van der Waals surface area contributed by atoms with Crippen molar-refractivity contribution in [2.24, 2.45) is 11.8 Å². The second kappa shape index (κ2) is 10.2. The molecule has 1 saturated carbocycles. The van der Waals surface area contributed by atoms with Crippen LogP contribution in [0.1, 0.15) is 26.2 Å². The Morgan fingerprint density at radius 1 is 0.788 bits per heavy atom. The monoisotopic (exact) mass is 516 g/mol. The minimum Gasteiger partial charge on any atom is -0.300 e. The third-order valence-corrected chi connectivity index (χ3v) is 8.67. The molecule has 1 fully saturated rings. The summed E-state index contributed by atoms with van der Waals surface area (Å²) >= 11 is 6.01. The fourth-order valence-corrected chi connectivity index (χ4v) is 6.61. The van der Waals surface area contributed by atoms with Gasteiger partial charge in [-0.25, -0.2) is 0 Å². The summed E-state index contributed by atoms with van der Waals surface area (Å²) in [7, 11) is 0. The standard InChI is InChI=1S/C21H20N6O2S4/c28-16(10-14-3-1-5-30-14)22-20-26-24-18(32-20)8-12-7-13(12)9-19-25-27-21(33-19)23-17(29)11-15-4-2-6-31-15/h1-6,12-13H,7-11H2,(H,22,26,28)(H,23,27,29)/t12-,13-/m1/s1. The highest BCUT2D eigenvalue weighted by atomic mass is 32.1. The van der Waals surface area contributed by atoms with Gasteiger partial charge in [0, 0.05) is 22.6 Å². The number of carbonyl (C=O) groups is 2. The van der Waals surface area contributed by atoms with Gasteiger partial charge in [0.1, 0.15) is 10.0 Å². The number of amides is 2. The molecule has 4 heterocycles. The second-order valence-electron chi connectivity index (χ2n) is 7.77. The van der Waals surface area contributed by atoms with Gasteiger partial charge in [-0.1, -0.05) is 34.8 Å². The molecule has 0 aromatic carbocycles.